The number of anilines is 1. The van der Waals surface area contributed by atoms with Gasteiger partial charge in [-0.15, -0.1) is 0 Å². The maximum atomic E-state index is 12.3. The number of rotatable bonds is 8. The van der Waals surface area contributed by atoms with Gasteiger partial charge in [-0.25, -0.2) is 4.52 Å². The van der Waals surface area contributed by atoms with Gasteiger partial charge in [-0.3, -0.25) is 9.69 Å². The van der Waals surface area contributed by atoms with Crippen molar-refractivity contribution in [2.24, 2.45) is 0 Å². The lowest BCUT2D eigenvalue weighted by Gasteiger charge is -2.36. The van der Waals surface area contributed by atoms with Crippen molar-refractivity contribution in [2.45, 2.75) is 19.3 Å². The van der Waals surface area contributed by atoms with Gasteiger partial charge >= 0.3 is 0 Å². The van der Waals surface area contributed by atoms with E-state index in [1.165, 1.54) is 0 Å². The Hall–Kier alpha value is -1.80. The van der Waals surface area contributed by atoms with Crippen molar-refractivity contribution in [1.82, 2.24) is 19.8 Å². The van der Waals surface area contributed by atoms with Crippen LogP contribution in [-0.2, 0) is 0 Å². The zero-order valence-electron chi connectivity index (χ0n) is 17.7. The lowest BCUT2D eigenvalue weighted by molar-refractivity contribution is 0.0947. The molecule has 0 aliphatic carbocycles. The first-order valence-corrected chi connectivity index (χ1v) is 12.4. The van der Waals surface area contributed by atoms with Crippen molar-refractivity contribution in [1.29, 1.82) is 0 Å². The summed E-state index contributed by atoms with van der Waals surface area (Å²) >= 11 is 15.9. The molecule has 9 heteroatoms. The number of unbranched alkanes of at least 4 members (excludes halogenated alkanes) is 2. The van der Waals surface area contributed by atoms with Crippen LogP contribution in [0, 0.1) is 0 Å². The van der Waals surface area contributed by atoms with Crippen LogP contribution < -0.4 is 10.2 Å². The average Bonchev–Trinajstić information content (AvgIpc) is 3.22. The van der Waals surface area contributed by atoms with Crippen LogP contribution in [0.5, 0.6) is 0 Å². The van der Waals surface area contributed by atoms with E-state index in [2.05, 4.69) is 36.1 Å². The van der Waals surface area contributed by atoms with E-state index >= 15 is 0 Å². The third kappa shape index (κ3) is 5.76. The molecule has 1 aliphatic heterocycles. The molecule has 0 saturated carbocycles. The largest absolute Gasteiger partial charge is 0.368 e. The molecular weight excluding hydrogens is 513 g/mol. The smallest absolute Gasteiger partial charge is 0.271 e. The lowest BCUT2D eigenvalue weighted by Crippen LogP contribution is -2.46. The van der Waals surface area contributed by atoms with Crippen molar-refractivity contribution in [2.75, 3.05) is 44.2 Å². The number of carbonyl (C=O) groups is 1. The van der Waals surface area contributed by atoms with Crippen LogP contribution >= 0.6 is 39.1 Å². The van der Waals surface area contributed by atoms with E-state index in [1.54, 1.807) is 10.6 Å². The van der Waals surface area contributed by atoms with E-state index in [9.17, 15) is 4.79 Å². The van der Waals surface area contributed by atoms with Gasteiger partial charge in [-0.1, -0.05) is 35.7 Å². The first-order chi connectivity index (χ1) is 15.5. The van der Waals surface area contributed by atoms with E-state index < -0.39 is 0 Å². The van der Waals surface area contributed by atoms with Crippen LogP contribution in [0.3, 0.4) is 0 Å². The topological polar surface area (TPSA) is 52.9 Å². The lowest BCUT2D eigenvalue weighted by atomic mass is 10.2. The first-order valence-electron chi connectivity index (χ1n) is 10.9. The average molecular weight is 539 g/mol. The summed E-state index contributed by atoms with van der Waals surface area (Å²) in [7, 11) is 0. The normalized spacial score (nSPS) is 14.8. The molecule has 170 valence electrons. The number of hydrogen-bond donors (Lipinski definition) is 1. The van der Waals surface area contributed by atoms with Crippen molar-refractivity contribution in [3.05, 3.63) is 62.8 Å². The fourth-order valence-electron chi connectivity index (χ4n) is 3.95. The molecule has 3 heterocycles. The number of pyridine rings is 1. The third-order valence-electron chi connectivity index (χ3n) is 5.74. The summed E-state index contributed by atoms with van der Waals surface area (Å²) in [5, 5.41) is 8.56. The Balaban J connectivity index is 1.12. The van der Waals surface area contributed by atoms with E-state index in [0.717, 1.165) is 67.7 Å². The number of aromatic nitrogens is 2. The number of halogens is 3. The third-order valence-corrected chi connectivity index (χ3v) is 7.02. The summed E-state index contributed by atoms with van der Waals surface area (Å²) in [5.41, 5.74) is 2.37. The molecule has 2 aromatic heterocycles. The first kappa shape index (κ1) is 23.4. The number of carbonyl (C=O) groups excluding carboxylic acids is 1. The highest BCUT2D eigenvalue weighted by atomic mass is 79.9. The second-order valence-electron chi connectivity index (χ2n) is 7.96. The fraction of sp³-hybridized carbons (Fsp3) is 0.391. The van der Waals surface area contributed by atoms with Crippen LogP contribution in [0.1, 0.15) is 29.8 Å². The maximum absolute atomic E-state index is 12.3. The SMILES string of the molecule is O=C(NCCCCCN1CCN(c2cccc(Cl)c2Cl)CC1)c1cc2ccc(Br)cn2n1. The molecular formula is C23H26BrCl2N5O. The van der Waals surface area contributed by atoms with Gasteiger partial charge in [0.15, 0.2) is 5.69 Å². The van der Waals surface area contributed by atoms with Gasteiger partial charge in [-0.2, -0.15) is 5.10 Å². The molecule has 32 heavy (non-hydrogen) atoms. The number of amides is 1. The number of piperazine rings is 1. The zero-order valence-corrected chi connectivity index (χ0v) is 20.8. The second-order valence-corrected chi connectivity index (χ2v) is 9.67. The second kappa shape index (κ2) is 10.9. The number of nitrogens with one attached hydrogen (secondary N) is 1. The predicted molar refractivity (Wildman–Crippen MR) is 134 cm³/mol. The van der Waals surface area contributed by atoms with Crippen LogP contribution in [0.2, 0.25) is 10.0 Å². The van der Waals surface area contributed by atoms with Gasteiger partial charge in [0.2, 0.25) is 0 Å². The summed E-state index contributed by atoms with van der Waals surface area (Å²) in [6, 6.07) is 11.5. The molecule has 0 unspecified atom stereocenters. The minimum absolute atomic E-state index is 0.124. The summed E-state index contributed by atoms with van der Waals surface area (Å²) < 4.78 is 2.63. The molecule has 0 spiro atoms. The van der Waals surface area contributed by atoms with E-state index in [4.69, 9.17) is 23.2 Å². The van der Waals surface area contributed by atoms with Gasteiger partial charge in [0.1, 0.15) is 0 Å². The van der Waals surface area contributed by atoms with Crippen molar-refractivity contribution in [3.63, 3.8) is 0 Å². The quantitative estimate of drug-likeness (QED) is 0.404. The van der Waals surface area contributed by atoms with E-state index in [-0.39, 0.29) is 5.91 Å². The van der Waals surface area contributed by atoms with Gasteiger partial charge in [0.05, 0.1) is 21.2 Å². The van der Waals surface area contributed by atoms with Gasteiger partial charge in [0, 0.05) is 43.4 Å². The Labute approximate surface area is 206 Å². The molecule has 6 nitrogen and oxygen atoms in total. The Bertz CT molecular complexity index is 1080. The molecule has 1 amide bonds. The maximum Gasteiger partial charge on any atom is 0.271 e. The number of benzene rings is 1. The Morgan fingerprint density at radius 1 is 1.06 bits per heavy atom. The Kier molecular flexibility index (Phi) is 7.94. The van der Waals surface area contributed by atoms with E-state index in [1.807, 2.05) is 36.5 Å². The summed E-state index contributed by atoms with van der Waals surface area (Å²) in [4.78, 5) is 17.1. The highest BCUT2D eigenvalue weighted by molar-refractivity contribution is 9.10. The van der Waals surface area contributed by atoms with Crippen LogP contribution in [0.15, 0.2) is 47.1 Å². The van der Waals surface area contributed by atoms with Crippen molar-refractivity contribution < 1.29 is 4.79 Å². The minimum Gasteiger partial charge on any atom is -0.368 e. The molecule has 1 aromatic carbocycles. The van der Waals surface area contributed by atoms with Crippen molar-refractivity contribution in [3.8, 4) is 0 Å². The summed E-state index contributed by atoms with van der Waals surface area (Å²) in [6.07, 6.45) is 5.01. The molecule has 1 saturated heterocycles. The zero-order chi connectivity index (χ0) is 22.5. The molecule has 1 N–H and O–H groups in total. The molecule has 1 aliphatic rings. The monoisotopic (exact) mass is 537 g/mol. The van der Waals surface area contributed by atoms with Gasteiger partial charge in [-0.05, 0) is 65.6 Å². The molecule has 4 rings (SSSR count). The minimum atomic E-state index is -0.124. The molecule has 0 radical (unpaired) electrons. The molecule has 0 atom stereocenters. The van der Waals surface area contributed by atoms with Crippen LogP contribution in [-0.4, -0.2) is 59.7 Å². The Morgan fingerprint density at radius 3 is 2.69 bits per heavy atom. The van der Waals surface area contributed by atoms with E-state index in [0.29, 0.717) is 22.3 Å². The number of fused-ring (bicyclic) bond motifs is 1. The summed E-state index contributed by atoms with van der Waals surface area (Å²) in [6.45, 7) is 5.67. The molecule has 0 bridgehead atoms. The van der Waals surface area contributed by atoms with Gasteiger partial charge < -0.3 is 10.2 Å². The summed E-state index contributed by atoms with van der Waals surface area (Å²) in [5.74, 6) is -0.124. The van der Waals surface area contributed by atoms with Crippen LogP contribution in [0.4, 0.5) is 5.69 Å². The molecule has 3 aromatic rings. The fourth-order valence-corrected chi connectivity index (χ4v) is 4.69. The van der Waals surface area contributed by atoms with Crippen molar-refractivity contribution >= 4 is 56.2 Å². The van der Waals surface area contributed by atoms with Crippen LogP contribution in [0.25, 0.3) is 5.52 Å². The highest BCUT2D eigenvalue weighted by Gasteiger charge is 2.19. The van der Waals surface area contributed by atoms with Gasteiger partial charge in [0.25, 0.3) is 5.91 Å². The number of hydrogen-bond acceptors (Lipinski definition) is 4. The number of nitrogens with zero attached hydrogens (tertiary/aromatic N) is 4. The predicted octanol–water partition coefficient (Wildman–Crippen LogP) is 5.13. The standard InChI is InChI=1S/C23H26BrCl2N5O/c24-17-7-8-18-15-20(28-31(18)16-17)23(32)27-9-2-1-3-10-29-11-13-30(14-12-29)21-6-4-5-19(25)22(21)26/h4-8,15-16H,1-3,9-14H2,(H,27,32). The highest BCUT2D eigenvalue weighted by Crippen LogP contribution is 2.32. The Morgan fingerprint density at radius 2 is 1.88 bits per heavy atom. The molecule has 1 fully saturated rings.